The molecule has 42 heavy (non-hydrogen) atoms. The summed E-state index contributed by atoms with van der Waals surface area (Å²) < 4.78 is 37.5. The number of phosphoric acid groups is 1. The molecule has 0 bridgehead atoms. The minimum Gasteiger partial charge on any atom is -0.387 e. The Kier molecular flexibility index (Phi) is 7.20. The van der Waals surface area contributed by atoms with Crippen LogP contribution in [0.4, 0.5) is 11.8 Å². The fourth-order valence-corrected chi connectivity index (χ4v) is 6.01. The largest absolute Gasteiger partial charge is 0.472 e. The number of aromatic nitrogens is 8. The third-order valence-corrected chi connectivity index (χ3v) is 8.08. The quantitative estimate of drug-likeness (QED) is 0.105. The van der Waals surface area contributed by atoms with Crippen LogP contribution in [0.3, 0.4) is 0 Å². The van der Waals surface area contributed by atoms with Crippen molar-refractivity contribution in [1.29, 1.82) is 0 Å². The average Bonchev–Trinajstić information content (AvgIpc) is 3.69. The lowest BCUT2D eigenvalue weighted by Gasteiger charge is -2.23. The van der Waals surface area contributed by atoms with Crippen molar-refractivity contribution in [1.82, 2.24) is 39.0 Å². The molecule has 2 fully saturated rings. The van der Waals surface area contributed by atoms with Crippen molar-refractivity contribution in [2.24, 2.45) is 0 Å². The summed E-state index contributed by atoms with van der Waals surface area (Å²) in [5.41, 5.74) is 11.3. The summed E-state index contributed by atoms with van der Waals surface area (Å²) in [5, 5.41) is 32.2. The molecule has 0 aromatic carbocycles. The first-order chi connectivity index (χ1) is 20.0. The number of nitrogens with one attached hydrogen (secondary N) is 1. The zero-order valence-corrected chi connectivity index (χ0v) is 22.6. The minimum atomic E-state index is -4.90. The number of nitrogen functional groups attached to an aromatic ring is 2. The highest BCUT2D eigenvalue weighted by Gasteiger charge is 2.50. The molecule has 6 heterocycles. The van der Waals surface area contributed by atoms with Crippen molar-refractivity contribution < 1.29 is 43.3 Å². The zero-order valence-electron chi connectivity index (χ0n) is 21.7. The van der Waals surface area contributed by atoms with Crippen LogP contribution >= 0.6 is 7.82 Å². The third-order valence-electron chi connectivity index (χ3n) is 7.09. The van der Waals surface area contributed by atoms with Gasteiger partial charge < -0.3 is 41.2 Å². The highest BCUT2D eigenvalue weighted by Crippen LogP contribution is 2.49. The van der Waals surface area contributed by atoms with Crippen LogP contribution in [0.2, 0.25) is 0 Å². The number of nitrogens with two attached hydrogens (primary N) is 2. The molecule has 4 aromatic rings. The second-order valence-corrected chi connectivity index (χ2v) is 11.1. The van der Waals surface area contributed by atoms with Gasteiger partial charge in [0.25, 0.3) is 5.56 Å². The number of hydrogen-bond acceptors (Lipinski definition) is 16. The maximum Gasteiger partial charge on any atom is 0.472 e. The second kappa shape index (κ2) is 10.6. The van der Waals surface area contributed by atoms with Gasteiger partial charge in [-0.15, -0.1) is 0 Å². The van der Waals surface area contributed by atoms with E-state index < -0.39 is 69.1 Å². The number of aliphatic hydroxyl groups is 3. The molecule has 0 aliphatic carbocycles. The molecular weight excluding hydrogens is 583 g/mol. The van der Waals surface area contributed by atoms with Crippen LogP contribution in [0, 0.1) is 0 Å². The maximum atomic E-state index is 12.9. The summed E-state index contributed by atoms with van der Waals surface area (Å²) in [7, 11) is -4.90. The molecular formula is C21H27N10O10P. The van der Waals surface area contributed by atoms with E-state index in [1.165, 1.54) is 28.1 Å². The number of imidazole rings is 2. The number of phosphoric ester groups is 1. The summed E-state index contributed by atoms with van der Waals surface area (Å²) in [4.78, 5) is 45.0. The monoisotopic (exact) mass is 610 g/mol. The van der Waals surface area contributed by atoms with Crippen LogP contribution in [0.5, 0.6) is 0 Å². The van der Waals surface area contributed by atoms with Gasteiger partial charge in [-0.2, -0.15) is 4.98 Å². The van der Waals surface area contributed by atoms with Crippen molar-refractivity contribution >= 4 is 41.9 Å². The molecule has 0 spiro atoms. The Morgan fingerprint density at radius 1 is 0.976 bits per heavy atom. The molecule has 2 aliphatic rings. The Labute approximate surface area is 234 Å². The zero-order chi connectivity index (χ0) is 29.9. The summed E-state index contributed by atoms with van der Waals surface area (Å²) in [6, 6.07) is 0. The number of H-pyrrole nitrogens is 1. The van der Waals surface area contributed by atoms with Gasteiger partial charge in [0.2, 0.25) is 5.95 Å². The van der Waals surface area contributed by atoms with Gasteiger partial charge in [0.1, 0.15) is 42.4 Å². The number of rotatable bonds is 8. The van der Waals surface area contributed by atoms with Crippen LogP contribution in [0.1, 0.15) is 25.8 Å². The van der Waals surface area contributed by atoms with Gasteiger partial charge in [0.15, 0.2) is 35.1 Å². The van der Waals surface area contributed by atoms with Crippen LogP contribution in [-0.4, -0.2) is 102 Å². The van der Waals surface area contributed by atoms with Crippen molar-refractivity contribution in [3.8, 4) is 0 Å². The smallest absolute Gasteiger partial charge is 0.387 e. The molecule has 20 nitrogen and oxygen atoms in total. The van der Waals surface area contributed by atoms with Crippen LogP contribution in [0.25, 0.3) is 22.3 Å². The topological polar surface area (TPSA) is 294 Å². The Balaban J connectivity index is 1.14. The first-order valence-electron chi connectivity index (χ1n) is 12.6. The molecule has 0 saturated carbocycles. The van der Waals surface area contributed by atoms with Gasteiger partial charge >= 0.3 is 7.82 Å². The normalized spacial score (nSPS) is 31.3. The average molecular weight is 610 g/mol. The van der Waals surface area contributed by atoms with Crippen molar-refractivity contribution in [2.45, 2.75) is 62.4 Å². The molecule has 2 saturated heterocycles. The second-order valence-electron chi connectivity index (χ2n) is 9.70. The summed E-state index contributed by atoms with van der Waals surface area (Å²) >= 11 is 0. The number of fused-ring (bicyclic) bond motifs is 2. The van der Waals surface area contributed by atoms with E-state index in [2.05, 4.69) is 29.9 Å². The van der Waals surface area contributed by atoms with Crippen molar-refractivity contribution in [2.75, 3.05) is 18.1 Å². The van der Waals surface area contributed by atoms with Gasteiger partial charge in [-0.1, -0.05) is 6.92 Å². The first-order valence-corrected chi connectivity index (χ1v) is 14.1. The van der Waals surface area contributed by atoms with Crippen LogP contribution in [-0.2, 0) is 23.1 Å². The number of ether oxygens (including phenoxy) is 2. The number of anilines is 2. The molecule has 9 N–H and O–H groups in total. The Morgan fingerprint density at radius 2 is 1.64 bits per heavy atom. The molecule has 5 unspecified atom stereocenters. The molecule has 0 amide bonds. The third kappa shape index (κ3) is 4.81. The van der Waals surface area contributed by atoms with Gasteiger partial charge in [0, 0.05) is 0 Å². The van der Waals surface area contributed by atoms with E-state index in [-0.39, 0.29) is 34.1 Å². The summed E-state index contributed by atoms with van der Waals surface area (Å²) in [6.45, 7) is 1.03. The highest BCUT2D eigenvalue weighted by molar-refractivity contribution is 7.47. The molecule has 0 radical (unpaired) electrons. The SMILES string of the molecule is CC[C@H]1O[C@@H](n2cnc3c(N)ncnc32)C(O)C1OP(=O)(O)OC[C@H]1O[C@@H](n2cnc3c(=O)[nH]c(N)nc32)C(O)C1O. The molecule has 9 atom stereocenters. The van der Waals surface area contributed by atoms with E-state index in [1.807, 2.05) is 0 Å². The van der Waals surface area contributed by atoms with Crippen LogP contribution in [0.15, 0.2) is 23.8 Å². The van der Waals surface area contributed by atoms with Gasteiger partial charge in [-0.05, 0) is 6.42 Å². The molecule has 6 rings (SSSR count). The minimum absolute atomic E-state index is 0.0135. The fourth-order valence-electron chi connectivity index (χ4n) is 5.04. The molecule has 2 aliphatic heterocycles. The van der Waals surface area contributed by atoms with E-state index in [1.54, 1.807) is 6.92 Å². The molecule has 21 heteroatoms. The fraction of sp³-hybridized carbons (Fsp3) is 0.524. The van der Waals surface area contributed by atoms with Crippen molar-refractivity contribution in [3.63, 3.8) is 0 Å². The Bertz CT molecular complexity index is 1730. The predicted molar refractivity (Wildman–Crippen MR) is 139 cm³/mol. The number of aliphatic hydroxyl groups excluding tert-OH is 3. The highest BCUT2D eigenvalue weighted by atomic mass is 31.2. The lowest BCUT2D eigenvalue weighted by molar-refractivity contribution is -0.0556. The van der Waals surface area contributed by atoms with Gasteiger partial charge in [0.05, 0.1) is 25.4 Å². The standard InChI is InChI=1S/C21H27N10O10P/c1-2-7-14(13(34)20(39-7)30-5-26-9-15(22)24-4-25-16(9)30)41-42(36,37)38-3-8-11(32)12(33)19(40-8)31-6-27-10-17(31)28-21(23)29-18(10)35/h4-8,11-14,19-20,32-34H,2-3H2,1H3,(H,36,37)(H2,22,24,25)(H3,23,28,29,35)/t7-,8-,11?,12?,13?,14?,19-,20-/m1/s1. The van der Waals surface area contributed by atoms with E-state index in [9.17, 15) is 29.6 Å². The molecule has 4 aromatic heterocycles. The summed E-state index contributed by atoms with van der Waals surface area (Å²) in [6.07, 6.45) is -6.40. The van der Waals surface area contributed by atoms with Gasteiger partial charge in [-0.3, -0.25) is 28.0 Å². The predicted octanol–water partition coefficient (Wildman–Crippen LogP) is -2.09. The first kappa shape index (κ1) is 28.5. The Morgan fingerprint density at radius 3 is 2.38 bits per heavy atom. The maximum absolute atomic E-state index is 12.9. The number of nitrogens with zero attached hydrogens (tertiary/aromatic N) is 7. The van der Waals surface area contributed by atoms with Crippen molar-refractivity contribution in [3.05, 3.63) is 29.3 Å². The van der Waals surface area contributed by atoms with E-state index in [0.717, 1.165) is 0 Å². The lowest BCUT2D eigenvalue weighted by atomic mass is 10.1. The number of hydrogen-bond donors (Lipinski definition) is 7. The number of aromatic amines is 1. The van der Waals surface area contributed by atoms with Crippen LogP contribution < -0.4 is 17.0 Å². The summed E-state index contributed by atoms with van der Waals surface area (Å²) in [5.74, 6) is -0.0804. The van der Waals surface area contributed by atoms with Gasteiger partial charge in [-0.25, -0.2) is 24.5 Å². The lowest BCUT2D eigenvalue weighted by Crippen LogP contribution is -2.35. The van der Waals surface area contributed by atoms with E-state index in [4.69, 9.17) is 30.0 Å². The van der Waals surface area contributed by atoms with E-state index >= 15 is 0 Å². The molecule has 226 valence electrons. The van der Waals surface area contributed by atoms with E-state index in [0.29, 0.717) is 6.42 Å². The Hall–Kier alpha value is -3.59.